The Hall–Kier alpha value is -3.46. The summed E-state index contributed by atoms with van der Waals surface area (Å²) in [4.78, 5) is 41.4. The van der Waals surface area contributed by atoms with Crippen LogP contribution in [0.5, 0.6) is 5.75 Å². The Morgan fingerprint density at radius 3 is 2.86 bits per heavy atom. The molecule has 2 unspecified atom stereocenters. The highest BCUT2D eigenvalue weighted by molar-refractivity contribution is 5.81. The number of ether oxygens (including phenoxy) is 1. The van der Waals surface area contributed by atoms with Gasteiger partial charge in [-0.25, -0.2) is 0 Å². The van der Waals surface area contributed by atoms with Crippen molar-refractivity contribution in [2.75, 3.05) is 19.7 Å². The van der Waals surface area contributed by atoms with Crippen molar-refractivity contribution in [1.82, 2.24) is 15.2 Å². The van der Waals surface area contributed by atoms with Gasteiger partial charge in [0.25, 0.3) is 0 Å². The normalized spacial score (nSPS) is 16.2. The van der Waals surface area contributed by atoms with Crippen LogP contribution in [0.2, 0.25) is 0 Å². The lowest BCUT2D eigenvalue weighted by Gasteiger charge is -2.32. The number of carboxylic acids is 1. The molecule has 1 aromatic carbocycles. The Morgan fingerprint density at radius 1 is 1.27 bits per heavy atom. The van der Waals surface area contributed by atoms with Crippen LogP contribution in [0.4, 0.5) is 0 Å². The highest BCUT2D eigenvalue weighted by Crippen LogP contribution is 2.22. The molecule has 1 fully saturated rings. The lowest BCUT2D eigenvalue weighted by atomic mass is 9.95. The molecule has 0 radical (unpaired) electrons. The average Bonchev–Trinajstić information content (AvgIpc) is 2.91. The molecule has 0 bridgehead atoms. The fourth-order valence-corrected chi connectivity index (χ4v) is 4.48. The number of nitrogens with two attached hydrogens (primary N) is 1. The summed E-state index contributed by atoms with van der Waals surface area (Å²) in [6.45, 7) is 4.23. The Labute approximate surface area is 218 Å². The molecule has 4 N–H and O–H groups in total. The maximum atomic E-state index is 12.5. The van der Waals surface area contributed by atoms with E-state index in [9.17, 15) is 14.4 Å². The van der Waals surface area contributed by atoms with Gasteiger partial charge in [0.1, 0.15) is 5.75 Å². The number of nitrogens with zero attached hydrogens (tertiary/aromatic N) is 2. The Balaban J connectivity index is 1.41. The summed E-state index contributed by atoms with van der Waals surface area (Å²) in [5.41, 5.74) is 9.16. The van der Waals surface area contributed by atoms with Gasteiger partial charge in [-0.05, 0) is 79.8 Å². The number of benzene rings is 1. The molecule has 2 amide bonds. The number of likely N-dealkylation sites (tertiary alicyclic amines) is 1. The second kappa shape index (κ2) is 14.3. The topological polar surface area (TPSA) is 135 Å². The summed E-state index contributed by atoms with van der Waals surface area (Å²) in [6.07, 6.45) is 7.42. The summed E-state index contributed by atoms with van der Waals surface area (Å²) >= 11 is 0. The SMILES string of the molecule is Cc1ccc(OCCC2CCCN(C(=O)CCC(=O)O)C2)cc1CNC(=O)C(N)CCc1cccnc1. The third-order valence-electron chi connectivity index (χ3n) is 6.80. The maximum Gasteiger partial charge on any atom is 0.303 e. The molecule has 3 rings (SSSR count). The van der Waals surface area contributed by atoms with Crippen molar-refractivity contribution < 1.29 is 24.2 Å². The third kappa shape index (κ3) is 9.49. The lowest BCUT2D eigenvalue weighted by molar-refractivity contribution is -0.141. The number of hydrogen-bond acceptors (Lipinski definition) is 6. The highest BCUT2D eigenvalue weighted by Gasteiger charge is 2.24. The zero-order valence-electron chi connectivity index (χ0n) is 21.5. The van der Waals surface area contributed by atoms with Crippen molar-refractivity contribution in [2.24, 2.45) is 11.7 Å². The monoisotopic (exact) mass is 510 g/mol. The van der Waals surface area contributed by atoms with E-state index in [1.54, 1.807) is 17.3 Å². The first-order valence-corrected chi connectivity index (χ1v) is 13.0. The van der Waals surface area contributed by atoms with E-state index in [1.807, 2.05) is 37.3 Å². The van der Waals surface area contributed by atoms with E-state index in [0.717, 1.165) is 41.7 Å². The van der Waals surface area contributed by atoms with Gasteiger partial charge in [-0.3, -0.25) is 19.4 Å². The van der Waals surface area contributed by atoms with E-state index in [-0.39, 0.29) is 24.7 Å². The van der Waals surface area contributed by atoms with Crippen LogP contribution in [0, 0.1) is 12.8 Å². The first-order valence-electron chi connectivity index (χ1n) is 13.0. The number of carbonyl (C=O) groups excluding carboxylic acids is 2. The largest absolute Gasteiger partial charge is 0.494 e. The number of carboxylic acid groups (broad SMARTS) is 1. The molecule has 1 aliphatic rings. The zero-order valence-corrected chi connectivity index (χ0v) is 21.5. The first-order chi connectivity index (χ1) is 17.8. The molecule has 9 heteroatoms. The number of piperidine rings is 1. The number of aromatic nitrogens is 1. The minimum atomic E-state index is -0.948. The van der Waals surface area contributed by atoms with Gasteiger partial charge in [-0.1, -0.05) is 12.1 Å². The van der Waals surface area contributed by atoms with Gasteiger partial charge in [0.2, 0.25) is 11.8 Å². The Bertz CT molecular complexity index is 1050. The van der Waals surface area contributed by atoms with Crippen molar-refractivity contribution in [2.45, 2.75) is 64.5 Å². The van der Waals surface area contributed by atoms with E-state index in [0.29, 0.717) is 45.0 Å². The summed E-state index contributed by atoms with van der Waals surface area (Å²) < 4.78 is 6.00. The van der Waals surface area contributed by atoms with Crippen LogP contribution in [0.1, 0.15) is 55.2 Å². The minimum absolute atomic E-state index is 0.0522. The summed E-state index contributed by atoms with van der Waals surface area (Å²) in [5.74, 6) is -0.152. The van der Waals surface area contributed by atoms with Gasteiger partial charge in [-0.2, -0.15) is 0 Å². The summed E-state index contributed by atoms with van der Waals surface area (Å²) in [6, 6.07) is 9.09. The van der Waals surface area contributed by atoms with Crippen LogP contribution >= 0.6 is 0 Å². The van der Waals surface area contributed by atoms with E-state index < -0.39 is 12.0 Å². The number of aliphatic carboxylic acids is 1. The van der Waals surface area contributed by atoms with Gasteiger partial charge in [0.15, 0.2) is 0 Å². The van der Waals surface area contributed by atoms with Crippen molar-refractivity contribution in [3.05, 3.63) is 59.4 Å². The molecular formula is C28H38N4O5. The summed E-state index contributed by atoms with van der Waals surface area (Å²) in [7, 11) is 0. The van der Waals surface area contributed by atoms with Crippen LogP contribution in [0.15, 0.2) is 42.7 Å². The molecule has 1 aromatic heterocycles. The van der Waals surface area contributed by atoms with Gasteiger partial charge in [-0.15, -0.1) is 0 Å². The molecule has 1 aliphatic heterocycles. The predicted octanol–water partition coefficient (Wildman–Crippen LogP) is 2.84. The molecule has 2 atom stereocenters. The molecule has 2 heterocycles. The number of carbonyl (C=O) groups is 3. The molecule has 0 spiro atoms. The van der Waals surface area contributed by atoms with Crippen LogP contribution in [-0.4, -0.2) is 58.5 Å². The highest BCUT2D eigenvalue weighted by atomic mass is 16.5. The number of rotatable bonds is 13. The van der Waals surface area contributed by atoms with E-state index in [2.05, 4.69) is 10.3 Å². The number of amides is 2. The van der Waals surface area contributed by atoms with Crippen LogP contribution in [0.3, 0.4) is 0 Å². The first kappa shape index (κ1) is 28.1. The molecule has 200 valence electrons. The fraction of sp³-hybridized carbons (Fsp3) is 0.500. The second-order valence-electron chi connectivity index (χ2n) is 9.69. The van der Waals surface area contributed by atoms with E-state index in [4.69, 9.17) is 15.6 Å². The molecule has 37 heavy (non-hydrogen) atoms. The van der Waals surface area contributed by atoms with Crippen molar-refractivity contribution in [1.29, 1.82) is 0 Å². The molecule has 0 aliphatic carbocycles. The van der Waals surface area contributed by atoms with Crippen LogP contribution in [-0.2, 0) is 27.3 Å². The van der Waals surface area contributed by atoms with Crippen molar-refractivity contribution in [3.8, 4) is 5.75 Å². The van der Waals surface area contributed by atoms with E-state index in [1.165, 1.54) is 0 Å². The van der Waals surface area contributed by atoms with Gasteiger partial charge >= 0.3 is 5.97 Å². The molecule has 9 nitrogen and oxygen atoms in total. The molecular weight excluding hydrogens is 472 g/mol. The smallest absolute Gasteiger partial charge is 0.303 e. The zero-order chi connectivity index (χ0) is 26.6. The van der Waals surface area contributed by atoms with Gasteiger partial charge < -0.3 is 25.8 Å². The summed E-state index contributed by atoms with van der Waals surface area (Å²) in [5, 5.41) is 11.7. The molecule has 2 aromatic rings. The third-order valence-corrected chi connectivity index (χ3v) is 6.80. The Morgan fingerprint density at radius 2 is 2.11 bits per heavy atom. The standard InChI is InChI=1S/C28H38N4O5/c1-20-6-8-24(37-15-12-22-5-3-14-32(19-22)26(33)10-11-27(34)35)16-23(20)18-31-28(36)25(29)9-7-21-4-2-13-30-17-21/h2,4,6,8,13,16-17,22,25H,3,5,7,9-12,14-15,18-19,29H2,1H3,(H,31,36)(H,34,35). The van der Waals surface area contributed by atoms with Gasteiger partial charge in [0.05, 0.1) is 19.1 Å². The minimum Gasteiger partial charge on any atom is -0.494 e. The predicted molar refractivity (Wildman–Crippen MR) is 140 cm³/mol. The average molecular weight is 511 g/mol. The number of nitrogens with one attached hydrogen (secondary N) is 1. The number of hydrogen-bond donors (Lipinski definition) is 3. The molecule has 0 saturated carbocycles. The van der Waals surface area contributed by atoms with Crippen LogP contribution < -0.4 is 15.8 Å². The van der Waals surface area contributed by atoms with Gasteiger partial charge in [0, 0.05) is 38.4 Å². The number of aryl methyl sites for hydroxylation is 2. The molecule has 1 saturated heterocycles. The second-order valence-corrected chi connectivity index (χ2v) is 9.69. The van der Waals surface area contributed by atoms with E-state index >= 15 is 0 Å². The fourth-order valence-electron chi connectivity index (χ4n) is 4.48. The van der Waals surface area contributed by atoms with Crippen LogP contribution in [0.25, 0.3) is 0 Å². The van der Waals surface area contributed by atoms with Crippen molar-refractivity contribution >= 4 is 17.8 Å². The quantitative estimate of drug-likeness (QED) is 0.377. The number of pyridine rings is 1. The van der Waals surface area contributed by atoms with Crippen molar-refractivity contribution in [3.63, 3.8) is 0 Å². The maximum absolute atomic E-state index is 12.5. The Kier molecular flexibility index (Phi) is 10.9. The lowest BCUT2D eigenvalue weighted by Crippen LogP contribution is -2.40.